The van der Waals surface area contributed by atoms with E-state index in [4.69, 9.17) is 0 Å². The zero-order chi connectivity index (χ0) is 12.1. The van der Waals surface area contributed by atoms with Crippen molar-refractivity contribution in [3.63, 3.8) is 0 Å². The predicted octanol–water partition coefficient (Wildman–Crippen LogP) is 3.47. The van der Waals surface area contributed by atoms with Gasteiger partial charge in [0.2, 0.25) is 0 Å². The molecule has 0 saturated heterocycles. The fourth-order valence-electron chi connectivity index (χ4n) is 1.99. The van der Waals surface area contributed by atoms with Gasteiger partial charge in [0, 0.05) is 0 Å². The second kappa shape index (κ2) is 5.83. The Morgan fingerprint density at radius 2 is 1.73 bits per heavy atom. The van der Waals surface area contributed by atoms with Crippen LogP contribution in [0.3, 0.4) is 0 Å². The van der Waals surface area contributed by atoms with E-state index in [0.717, 1.165) is 12.8 Å². The summed E-state index contributed by atoms with van der Waals surface area (Å²) in [6.07, 6.45) is 3.58. The molecule has 0 aliphatic heterocycles. The van der Waals surface area contributed by atoms with Crippen molar-refractivity contribution in [3.05, 3.63) is 12.2 Å². The van der Waals surface area contributed by atoms with Crippen LogP contribution in [0.15, 0.2) is 12.2 Å². The Kier molecular flexibility index (Phi) is 5.79. The van der Waals surface area contributed by atoms with Crippen LogP contribution in [-0.2, 0) is 4.57 Å². The van der Waals surface area contributed by atoms with Crippen LogP contribution in [-0.4, -0.2) is 14.9 Å². The van der Waals surface area contributed by atoms with Gasteiger partial charge in [0.15, 0.2) is 0 Å². The summed E-state index contributed by atoms with van der Waals surface area (Å²) in [5.74, 6) is 0. The minimum absolute atomic E-state index is 0.455. The Balaban J connectivity index is 4.94. The smallest absolute Gasteiger partial charge is 0.324 e. The molecule has 90 valence electrons. The van der Waals surface area contributed by atoms with Gasteiger partial charge in [0.1, 0.15) is 0 Å². The van der Waals surface area contributed by atoms with Gasteiger partial charge in [-0.3, -0.25) is 4.57 Å². The first kappa shape index (κ1) is 14.9. The van der Waals surface area contributed by atoms with E-state index >= 15 is 0 Å². The third-order valence-electron chi connectivity index (χ3n) is 3.22. The molecule has 0 heterocycles. The van der Waals surface area contributed by atoms with Crippen molar-refractivity contribution in [2.45, 2.75) is 58.0 Å². The zero-order valence-electron chi connectivity index (χ0n) is 9.99. The molecular weight excluding hydrogens is 211 g/mol. The summed E-state index contributed by atoms with van der Waals surface area (Å²) in [5.41, 5.74) is 0.711. The molecule has 4 heteroatoms. The molecule has 2 N–H and O–H groups in total. The van der Waals surface area contributed by atoms with E-state index in [1.165, 1.54) is 0 Å². The molecule has 15 heavy (non-hydrogen) atoms. The molecule has 0 aromatic rings. The SMILES string of the molecule is C=C(CCCC)C(CC)(CC)P(=O)(O)O. The van der Waals surface area contributed by atoms with E-state index in [2.05, 4.69) is 13.5 Å². The van der Waals surface area contributed by atoms with Crippen molar-refractivity contribution >= 4 is 7.60 Å². The minimum atomic E-state index is -4.10. The van der Waals surface area contributed by atoms with E-state index in [0.29, 0.717) is 24.8 Å². The van der Waals surface area contributed by atoms with Crippen molar-refractivity contribution < 1.29 is 14.4 Å². The number of allylic oxidation sites excluding steroid dienone is 1. The number of hydrogen-bond acceptors (Lipinski definition) is 1. The molecule has 0 unspecified atom stereocenters. The lowest BCUT2D eigenvalue weighted by Crippen LogP contribution is -2.29. The van der Waals surface area contributed by atoms with E-state index < -0.39 is 12.8 Å². The van der Waals surface area contributed by atoms with Gasteiger partial charge in [-0.25, -0.2) is 0 Å². The summed E-state index contributed by atoms with van der Waals surface area (Å²) >= 11 is 0. The second-order valence-electron chi connectivity index (χ2n) is 3.99. The average molecular weight is 234 g/mol. The van der Waals surface area contributed by atoms with Crippen LogP contribution in [0, 0.1) is 0 Å². The van der Waals surface area contributed by atoms with E-state index in [-0.39, 0.29) is 0 Å². The molecule has 0 rings (SSSR count). The van der Waals surface area contributed by atoms with Gasteiger partial charge in [0.25, 0.3) is 0 Å². The van der Waals surface area contributed by atoms with Crippen molar-refractivity contribution in [1.29, 1.82) is 0 Å². The highest BCUT2D eigenvalue weighted by molar-refractivity contribution is 7.53. The first-order chi connectivity index (χ1) is 6.85. The van der Waals surface area contributed by atoms with Gasteiger partial charge >= 0.3 is 7.60 Å². The van der Waals surface area contributed by atoms with Crippen molar-refractivity contribution in [2.75, 3.05) is 0 Å². The maximum Gasteiger partial charge on any atom is 0.335 e. The topological polar surface area (TPSA) is 57.5 Å². The molecule has 0 aromatic heterocycles. The summed E-state index contributed by atoms with van der Waals surface area (Å²) < 4.78 is 11.6. The highest BCUT2D eigenvalue weighted by atomic mass is 31.2. The maximum absolute atomic E-state index is 11.6. The predicted molar refractivity (Wildman–Crippen MR) is 64.0 cm³/mol. The first-order valence-electron chi connectivity index (χ1n) is 5.59. The molecular formula is C11H23O3P. The van der Waals surface area contributed by atoms with Crippen LogP contribution in [0.2, 0.25) is 0 Å². The van der Waals surface area contributed by atoms with Crippen LogP contribution >= 0.6 is 7.60 Å². The Morgan fingerprint density at radius 1 is 1.27 bits per heavy atom. The third-order valence-corrected chi connectivity index (χ3v) is 5.28. The highest BCUT2D eigenvalue weighted by Gasteiger charge is 2.45. The van der Waals surface area contributed by atoms with Crippen LogP contribution in [0.5, 0.6) is 0 Å². The highest BCUT2D eigenvalue weighted by Crippen LogP contribution is 2.58. The molecule has 0 bridgehead atoms. The number of unbranched alkanes of at least 4 members (excludes halogenated alkanes) is 1. The monoisotopic (exact) mass is 234 g/mol. The normalized spacial score (nSPS) is 12.9. The molecule has 0 aliphatic rings. The summed E-state index contributed by atoms with van der Waals surface area (Å²) in [6.45, 7) is 9.58. The van der Waals surface area contributed by atoms with Gasteiger partial charge in [-0.1, -0.05) is 39.3 Å². The summed E-state index contributed by atoms with van der Waals surface area (Å²) in [5, 5.41) is -0.998. The Bertz CT molecular complexity index is 251. The molecule has 0 fully saturated rings. The van der Waals surface area contributed by atoms with E-state index in [1.54, 1.807) is 0 Å². The van der Waals surface area contributed by atoms with Gasteiger partial charge in [-0.05, 0) is 25.7 Å². The quantitative estimate of drug-likeness (QED) is 0.524. The average Bonchev–Trinajstić information content (AvgIpc) is 2.15. The minimum Gasteiger partial charge on any atom is -0.324 e. The third kappa shape index (κ3) is 3.17. The van der Waals surface area contributed by atoms with Gasteiger partial charge < -0.3 is 9.79 Å². The lowest BCUT2D eigenvalue weighted by Gasteiger charge is -2.34. The molecule has 0 spiro atoms. The van der Waals surface area contributed by atoms with Crippen molar-refractivity contribution in [1.82, 2.24) is 0 Å². The summed E-state index contributed by atoms with van der Waals surface area (Å²) in [6, 6.07) is 0. The van der Waals surface area contributed by atoms with E-state index in [1.807, 2.05) is 13.8 Å². The molecule has 0 saturated carbocycles. The number of hydrogen-bond donors (Lipinski definition) is 2. The Labute approximate surface area is 92.8 Å². The summed E-state index contributed by atoms with van der Waals surface area (Å²) in [4.78, 5) is 18.9. The second-order valence-corrected chi connectivity index (χ2v) is 5.93. The van der Waals surface area contributed by atoms with E-state index in [9.17, 15) is 14.4 Å². The molecule has 0 aliphatic carbocycles. The van der Waals surface area contributed by atoms with Crippen LogP contribution in [0.1, 0.15) is 52.9 Å². The fraction of sp³-hybridized carbons (Fsp3) is 0.818. The Morgan fingerprint density at radius 3 is 2.00 bits per heavy atom. The zero-order valence-corrected chi connectivity index (χ0v) is 10.9. The molecule has 0 atom stereocenters. The van der Waals surface area contributed by atoms with Crippen LogP contribution in [0.25, 0.3) is 0 Å². The largest absolute Gasteiger partial charge is 0.335 e. The van der Waals surface area contributed by atoms with Crippen LogP contribution in [0.4, 0.5) is 0 Å². The fourth-order valence-corrected chi connectivity index (χ4v) is 3.34. The standard InChI is InChI=1S/C11H23O3P/c1-5-8-9-10(4)11(6-2,7-3)15(12,13)14/h4-9H2,1-3H3,(H2,12,13,14). The van der Waals surface area contributed by atoms with Gasteiger partial charge in [0.05, 0.1) is 5.16 Å². The molecule has 0 amide bonds. The Hall–Kier alpha value is -0.110. The van der Waals surface area contributed by atoms with Crippen molar-refractivity contribution in [2.24, 2.45) is 0 Å². The molecule has 3 nitrogen and oxygen atoms in total. The van der Waals surface area contributed by atoms with Gasteiger partial charge in [-0.2, -0.15) is 0 Å². The summed E-state index contributed by atoms with van der Waals surface area (Å²) in [7, 11) is -4.10. The lowest BCUT2D eigenvalue weighted by atomic mass is 9.90. The van der Waals surface area contributed by atoms with Crippen LogP contribution < -0.4 is 0 Å². The first-order valence-corrected chi connectivity index (χ1v) is 7.20. The lowest BCUT2D eigenvalue weighted by molar-refractivity contribution is 0.326. The molecule has 0 aromatic carbocycles. The molecule has 0 radical (unpaired) electrons. The van der Waals surface area contributed by atoms with Crippen molar-refractivity contribution in [3.8, 4) is 0 Å². The number of rotatable bonds is 7. The maximum atomic E-state index is 11.6. The van der Waals surface area contributed by atoms with Gasteiger partial charge in [-0.15, -0.1) is 0 Å².